The number of rotatable bonds is 4. The Morgan fingerprint density at radius 3 is 2.56 bits per heavy atom. The molecule has 32 heavy (non-hydrogen) atoms. The minimum atomic E-state index is -4.56. The van der Waals surface area contributed by atoms with Crippen molar-refractivity contribution in [3.05, 3.63) is 60.1 Å². The monoisotopic (exact) mass is 447 g/mol. The van der Waals surface area contributed by atoms with E-state index in [1.54, 1.807) is 4.90 Å². The van der Waals surface area contributed by atoms with Gasteiger partial charge in [0.05, 0.1) is 42.4 Å². The summed E-state index contributed by atoms with van der Waals surface area (Å²) in [5.41, 5.74) is -0.553. The van der Waals surface area contributed by atoms with Crippen molar-refractivity contribution in [1.82, 2.24) is 29.9 Å². The van der Waals surface area contributed by atoms with E-state index in [0.29, 0.717) is 12.6 Å². The molecule has 1 N–H and O–H groups in total. The molecular weight excluding hydrogens is 430 g/mol. The van der Waals surface area contributed by atoms with E-state index < -0.39 is 17.7 Å². The first-order valence-corrected chi connectivity index (χ1v) is 9.96. The van der Waals surface area contributed by atoms with Gasteiger partial charge in [0.15, 0.2) is 5.69 Å². The Hall–Kier alpha value is -3.57. The number of alkyl halides is 3. The number of amides is 1. The molecule has 5 rings (SSSR count). The predicted molar refractivity (Wildman–Crippen MR) is 103 cm³/mol. The van der Waals surface area contributed by atoms with Crippen LogP contribution in [0.5, 0.6) is 0 Å². The number of nitrogens with one attached hydrogen (secondary N) is 1. The van der Waals surface area contributed by atoms with Gasteiger partial charge in [-0.15, -0.1) is 0 Å². The van der Waals surface area contributed by atoms with Crippen molar-refractivity contribution in [1.29, 1.82) is 0 Å². The number of halogens is 4. The average Bonchev–Trinajstić information content (AvgIpc) is 3.49. The fraction of sp³-hybridized carbons (Fsp3) is 0.350. The lowest BCUT2D eigenvalue weighted by atomic mass is 9.95. The average molecular weight is 447 g/mol. The first-order valence-electron chi connectivity index (χ1n) is 9.96. The highest BCUT2D eigenvalue weighted by atomic mass is 19.4. The number of carbonyl (C=O) groups excluding carboxylic acids is 1. The van der Waals surface area contributed by atoms with Crippen molar-refractivity contribution < 1.29 is 22.4 Å². The zero-order valence-electron chi connectivity index (χ0n) is 16.5. The Morgan fingerprint density at radius 2 is 1.88 bits per heavy atom. The van der Waals surface area contributed by atoms with Gasteiger partial charge in [-0.05, 0) is 31.4 Å². The SMILES string of the molecule is O=C(c1ccc(F)cc1-n1nccn1)N1C2CCC1C(Nc1cnc(C(F)(F)F)cn1)C2. The number of anilines is 1. The quantitative estimate of drug-likeness (QED) is 0.619. The van der Waals surface area contributed by atoms with Crippen LogP contribution in [-0.2, 0) is 6.18 Å². The number of carbonyl (C=O) groups is 1. The van der Waals surface area contributed by atoms with Gasteiger partial charge >= 0.3 is 6.18 Å². The second kappa shape index (κ2) is 7.53. The van der Waals surface area contributed by atoms with Crippen molar-refractivity contribution >= 4 is 11.7 Å². The molecule has 1 aromatic carbocycles. The molecule has 2 bridgehead atoms. The van der Waals surface area contributed by atoms with Crippen LogP contribution in [0.4, 0.5) is 23.4 Å². The van der Waals surface area contributed by atoms with Gasteiger partial charge in [0.25, 0.3) is 5.91 Å². The lowest BCUT2D eigenvalue weighted by molar-refractivity contribution is -0.141. The van der Waals surface area contributed by atoms with Gasteiger partial charge in [-0.3, -0.25) is 4.79 Å². The van der Waals surface area contributed by atoms with Crippen molar-refractivity contribution in [2.45, 2.75) is 43.6 Å². The second-order valence-corrected chi connectivity index (χ2v) is 7.76. The van der Waals surface area contributed by atoms with Crippen molar-refractivity contribution in [2.75, 3.05) is 5.32 Å². The third-order valence-electron chi connectivity index (χ3n) is 5.87. The molecular formula is C20H17F4N7O. The maximum absolute atomic E-state index is 13.9. The van der Waals surface area contributed by atoms with E-state index in [0.717, 1.165) is 19.0 Å². The second-order valence-electron chi connectivity index (χ2n) is 7.76. The van der Waals surface area contributed by atoms with Crippen LogP contribution < -0.4 is 5.32 Å². The number of hydrogen-bond acceptors (Lipinski definition) is 6. The summed E-state index contributed by atoms with van der Waals surface area (Å²) in [4.78, 5) is 23.6. The molecule has 0 radical (unpaired) electrons. The molecule has 3 unspecified atom stereocenters. The fourth-order valence-electron chi connectivity index (χ4n) is 4.53. The van der Waals surface area contributed by atoms with E-state index in [1.165, 1.54) is 35.4 Å². The van der Waals surface area contributed by atoms with Crippen LogP contribution in [-0.4, -0.2) is 53.9 Å². The summed E-state index contributed by atoms with van der Waals surface area (Å²) in [6.45, 7) is 0. The van der Waals surface area contributed by atoms with Crippen LogP contribution in [0.2, 0.25) is 0 Å². The van der Waals surface area contributed by atoms with Crippen molar-refractivity contribution in [2.24, 2.45) is 0 Å². The van der Waals surface area contributed by atoms with E-state index in [9.17, 15) is 22.4 Å². The fourth-order valence-corrected chi connectivity index (χ4v) is 4.53. The Morgan fingerprint density at radius 1 is 1.09 bits per heavy atom. The first-order chi connectivity index (χ1) is 15.3. The molecule has 4 heterocycles. The zero-order valence-corrected chi connectivity index (χ0v) is 16.5. The molecule has 3 aromatic rings. The van der Waals surface area contributed by atoms with E-state index in [1.807, 2.05) is 0 Å². The third-order valence-corrected chi connectivity index (χ3v) is 5.87. The van der Waals surface area contributed by atoms with Gasteiger partial charge in [0.2, 0.25) is 0 Å². The Kier molecular flexibility index (Phi) is 4.79. The molecule has 1 amide bonds. The molecule has 2 fully saturated rings. The summed E-state index contributed by atoms with van der Waals surface area (Å²) in [7, 11) is 0. The molecule has 2 saturated heterocycles. The van der Waals surface area contributed by atoms with Crippen LogP contribution in [0.25, 0.3) is 5.69 Å². The third kappa shape index (κ3) is 3.55. The molecule has 2 aliphatic rings. The number of nitrogens with zero attached hydrogens (tertiary/aromatic N) is 6. The van der Waals surface area contributed by atoms with Crippen LogP contribution in [0.1, 0.15) is 35.3 Å². The minimum Gasteiger partial charge on any atom is -0.364 e. The van der Waals surface area contributed by atoms with E-state index >= 15 is 0 Å². The van der Waals surface area contributed by atoms with Crippen molar-refractivity contribution in [3.8, 4) is 5.69 Å². The van der Waals surface area contributed by atoms with E-state index in [-0.39, 0.29) is 41.1 Å². The van der Waals surface area contributed by atoms with E-state index in [4.69, 9.17) is 0 Å². The summed E-state index contributed by atoms with van der Waals surface area (Å²) in [6.07, 6.45) is 2.20. The van der Waals surface area contributed by atoms with Gasteiger partial charge in [-0.1, -0.05) is 0 Å². The van der Waals surface area contributed by atoms with Gasteiger partial charge in [0, 0.05) is 12.1 Å². The molecule has 12 heteroatoms. The lowest BCUT2D eigenvalue weighted by Gasteiger charge is -2.26. The van der Waals surface area contributed by atoms with Crippen LogP contribution in [0.15, 0.2) is 43.0 Å². The summed E-state index contributed by atoms with van der Waals surface area (Å²) in [5.74, 6) is -0.572. The largest absolute Gasteiger partial charge is 0.434 e. The topological polar surface area (TPSA) is 88.8 Å². The van der Waals surface area contributed by atoms with Crippen molar-refractivity contribution in [3.63, 3.8) is 0 Å². The summed E-state index contributed by atoms with van der Waals surface area (Å²) < 4.78 is 52.0. The Labute approximate surface area is 179 Å². The van der Waals surface area contributed by atoms with Crippen LogP contribution >= 0.6 is 0 Å². The van der Waals surface area contributed by atoms with Gasteiger partial charge < -0.3 is 10.2 Å². The van der Waals surface area contributed by atoms with Gasteiger partial charge in [-0.25, -0.2) is 14.4 Å². The lowest BCUT2D eigenvalue weighted by Crippen LogP contribution is -2.40. The number of fused-ring (bicyclic) bond motifs is 2. The Balaban J connectivity index is 1.37. The standard InChI is InChI=1S/C20H17F4N7O/c21-11-1-3-13(16(7-11)31-27-5-6-28-31)19(32)30-12-2-4-15(30)14(8-12)29-18-10-25-17(9-26-18)20(22,23)24/h1,3,5-7,9-10,12,14-15H,2,4,8H2,(H,26,29). The number of aromatic nitrogens is 5. The molecule has 166 valence electrons. The maximum atomic E-state index is 13.9. The molecule has 0 saturated carbocycles. The summed E-state index contributed by atoms with van der Waals surface area (Å²) >= 11 is 0. The van der Waals surface area contributed by atoms with Gasteiger partial charge in [0.1, 0.15) is 17.3 Å². The first kappa shape index (κ1) is 20.3. The number of benzene rings is 1. The smallest absolute Gasteiger partial charge is 0.364 e. The molecule has 0 spiro atoms. The maximum Gasteiger partial charge on any atom is 0.434 e. The number of hydrogen-bond donors (Lipinski definition) is 1. The zero-order chi connectivity index (χ0) is 22.5. The normalized spacial score (nSPS) is 22.4. The predicted octanol–water partition coefficient (Wildman–Crippen LogP) is 3.07. The van der Waals surface area contributed by atoms with E-state index in [2.05, 4.69) is 25.5 Å². The highest BCUT2D eigenvalue weighted by Gasteiger charge is 2.49. The summed E-state index contributed by atoms with van der Waals surface area (Å²) in [5, 5.41) is 11.1. The highest BCUT2D eigenvalue weighted by Crippen LogP contribution is 2.40. The molecule has 2 aliphatic heterocycles. The van der Waals surface area contributed by atoms with Crippen LogP contribution in [0, 0.1) is 5.82 Å². The molecule has 2 aromatic heterocycles. The highest BCUT2D eigenvalue weighted by molar-refractivity contribution is 5.98. The Bertz CT molecular complexity index is 1130. The van der Waals surface area contributed by atoms with Crippen LogP contribution in [0.3, 0.4) is 0 Å². The molecule has 8 nitrogen and oxygen atoms in total. The minimum absolute atomic E-state index is 0.0455. The molecule has 0 aliphatic carbocycles. The molecule has 3 atom stereocenters. The summed E-state index contributed by atoms with van der Waals surface area (Å²) in [6, 6.07) is 3.42. The van der Waals surface area contributed by atoms with Gasteiger partial charge in [-0.2, -0.15) is 28.2 Å².